The Hall–Kier alpha value is -2.41. The van der Waals surface area contributed by atoms with Crippen molar-refractivity contribution in [3.05, 3.63) is 54.1 Å². The van der Waals surface area contributed by atoms with Crippen LogP contribution in [0, 0.1) is 0 Å². The van der Waals surface area contributed by atoms with Crippen molar-refractivity contribution < 1.29 is 0 Å². The summed E-state index contributed by atoms with van der Waals surface area (Å²) in [5.41, 5.74) is 5.64. The van der Waals surface area contributed by atoms with Gasteiger partial charge in [0.2, 0.25) is 0 Å². The summed E-state index contributed by atoms with van der Waals surface area (Å²) in [6, 6.07) is 18.1. The van der Waals surface area contributed by atoms with E-state index >= 15 is 0 Å². The van der Waals surface area contributed by atoms with E-state index in [2.05, 4.69) is 61.4 Å². The Morgan fingerprint density at radius 1 is 0.550 bits per heavy atom. The SMILES string of the molecule is [B-]1=Cc2ccc3ccc4ccc5ccc1c1c5c4c3c2-1. The van der Waals surface area contributed by atoms with Gasteiger partial charge < -0.3 is 0 Å². The van der Waals surface area contributed by atoms with Gasteiger partial charge in [-0.15, -0.1) is 6.07 Å². The van der Waals surface area contributed by atoms with E-state index in [0.717, 1.165) is 0 Å². The molecule has 4 aromatic carbocycles. The van der Waals surface area contributed by atoms with Gasteiger partial charge in [-0.25, -0.2) is 0 Å². The van der Waals surface area contributed by atoms with Crippen molar-refractivity contribution in [3.8, 4) is 11.1 Å². The monoisotopic (exact) mass is 248 g/mol. The molecule has 0 fully saturated rings. The molecule has 0 N–H and O–H groups in total. The minimum atomic E-state index is 1.36. The van der Waals surface area contributed by atoms with Crippen molar-refractivity contribution in [3.63, 3.8) is 0 Å². The topological polar surface area (TPSA) is 0 Å². The summed E-state index contributed by atoms with van der Waals surface area (Å²) >= 11 is 0. The van der Waals surface area contributed by atoms with Gasteiger partial charge in [0, 0.05) is 0 Å². The lowest BCUT2D eigenvalue weighted by molar-refractivity contribution is 1.76. The summed E-state index contributed by atoms with van der Waals surface area (Å²) < 4.78 is 0. The number of rotatable bonds is 0. The molecule has 4 aromatic rings. The summed E-state index contributed by atoms with van der Waals surface area (Å²) in [5, 5.41) is 8.45. The highest BCUT2D eigenvalue weighted by Crippen LogP contribution is 2.48. The second-order valence-electron chi connectivity index (χ2n) is 5.82. The molecule has 20 heavy (non-hydrogen) atoms. The zero-order valence-electron chi connectivity index (χ0n) is 10.8. The molecule has 0 unspecified atom stereocenters. The average Bonchev–Trinajstić information content (AvgIpc) is 2.88. The van der Waals surface area contributed by atoms with Crippen LogP contribution in [0.3, 0.4) is 0 Å². The van der Waals surface area contributed by atoms with Crippen LogP contribution in [-0.4, -0.2) is 12.9 Å². The second kappa shape index (κ2) is 2.86. The molecule has 0 saturated carbocycles. The second-order valence-corrected chi connectivity index (χ2v) is 5.82. The van der Waals surface area contributed by atoms with E-state index in [1.165, 1.54) is 54.5 Å². The van der Waals surface area contributed by atoms with Crippen LogP contribution in [0.15, 0.2) is 48.5 Å². The molecule has 89 valence electrons. The largest absolute Gasteiger partial charge is 0.298 e. The molecule has 1 radical (unpaired) electrons. The first-order valence-corrected chi connectivity index (χ1v) is 7.05. The first kappa shape index (κ1) is 9.49. The van der Waals surface area contributed by atoms with Crippen molar-refractivity contribution in [2.24, 2.45) is 0 Å². The van der Waals surface area contributed by atoms with E-state index < -0.39 is 0 Å². The lowest BCUT2D eigenvalue weighted by Gasteiger charge is -2.23. The summed E-state index contributed by atoms with van der Waals surface area (Å²) in [4.78, 5) is 0. The van der Waals surface area contributed by atoms with Gasteiger partial charge in [0.25, 0.3) is 0 Å². The molecule has 6 rings (SSSR count). The minimum absolute atomic E-state index is 1.36. The molecule has 0 amide bonds. The van der Waals surface area contributed by atoms with E-state index in [-0.39, 0.29) is 0 Å². The third-order valence-corrected chi connectivity index (χ3v) is 4.91. The highest BCUT2D eigenvalue weighted by molar-refractivity contribution is 6.68. The Labute approximate surface area is 116 Å². The first-order valence-electron chi connectivity index (χ1n) is 7.05. The van der Waals surface area contributed by atoms with Crippen molar-refractivity contribution >= 4 is 50.7 Å². The van der Waals surface area contributed by atoms with Gasteiger partial charge in [-0.05, 0) is 43.4 Å². The van der Waals surface area contributed by atoms with Crippen LogP contribution in [0.5, 0.6) is 0 Å². The van der Waals surface area contributed by atoms with Gasteiger partial charge >= 0.3 is 0 Å². The highest BCUT2D eigenvalue weighted by Gasteiger charge is 2.22. The molecule has 0 spiro atoms. The Morgan fingerprint density at radius 3 is 1.95 bits per heavy atom. The Morgan fingerprint density at radius 2 is 1.15 bits per heavy atom. The smallest absolute Gasteiger partial charge is 0.00153 e. The Kier molecular flexibility index (Phi) is 1.36. The fourth-order valence-corrected chi connectivity index (χ4v) is 4.08. The molecule has 0 bridgehead atoms. The van der Waals surface area contributed by atoms with Crippen molar-refractivity contribution in [1.82, 2.24) is 0 Å². The maximum Gasteiger partial charge on any atom is -0.00153 e. The number of benzene rings is 4. The van der Waals surface area contributed by atoms with E-state index in [9.17, 15) is 0 Å². The predicted octanol–water partition coefficient (Wildman–Crippen LogP) is 3.62. The van der Waals surface area contributed by atoms with E-state index in [4.69, 9.17) is 0 Å². The van der Waals surface area contributed by atoms with Gasteiger partial charge in [-0.3, -0.25) is 18.4 Å². The van der Waals surface area contributed by atoms with Crippen LogP contribution in [0.25, 0.3) is 43.4 Å². The van der Waals surface area contributed by atoms with Crippen LogP contribution in [0.1, 0.15) is 5.56 Å². The Balaban J connectivity index is 2.16. The van der Waals surface area contributed by atoms with Crippen molar-refractivity contribution in [1.29, 1.82) is 0 Å². The lowest BCUT2D eigenvalue weighted by atomic mass is 9.70. The maximum absolute atomic E-state index is 2.26. The molecule has 1 heteroatoms. The third kappa shape index (κ3) is 0.848. The molecule has 0 aromatic heterocycles. The van der Waals surface area contributed by atoms with Crippen molar-refractivity contribution in [2.45, 2.75) is 0 Å². The normalized spacial score (nSPS) is 13.8. The molecular weight excluding hydrogens is 239 g/mol. The van der Waals surface area contributed by atoms with E-state index in [1.807, 2.05) is 0 Å². The average molecular weight is 248 g/mol. The van der Waals surface area contributed by atoms with Crippen LogP contribution in [0.4, 0.5) is 0 Å². The summed E-state index contributed by atoms with van der Waals surface area (Å²) in [5.74, 6) is 2.26. The Bertz CT molecular complexity index is 1050. The molecule has 1 heterocycles. The van der Waals surface area contributed by atoms with Gasteiger partial charge in [-0.1, -0.05) is 48.0 Å². The van der Waals surface area contributed by atoms with Gasteiger partial charge in [0.1, 0.15) is 0 Å². The number of hydrogen-bond donors (Lipinski definition) is 0. The van der Waals surface area contributed by atoms with Crippen LogP contribution in [0.2, 0.25) is 0 Å². The molecule has 0 nitrogen and oxygen atoms in total. The van der Waals surface area contributed by atoms with E-state index in [0.29, 0.717) is 0 Å². The quantitative estimate of drug-likeness (QED) is 0.284. The molecule has 1 aliphatic carbocycles. The molecular formula is C19H9B-. The zero-order chi connectivity index (χ0) is 12.8. The van der Waals surface area contributed by atoms with Gasteiger partial charge in [0.05, 0.1) is 0 Å². The fourth-order valence-electron chi connectivity index (χ4n) is 4.08. The highest BCUT2D eigenvalue weighted by atomic mass is 14.3. The molecule has 1 aliphatic heterocycles. The van der Waals surface area contributed by atoms with Gasteiger partial charge in [-0.2, -0.15) is 0 Å². The van der Waals surface area contributed by atoms with Gasteiger partial charge in [0.15, 0.2) is 0 Å². The fraction of sp³-hybridized carbons (Fsp3) is 0. The van der Waals surface area contributed by atoms with Crippen molar-refractivity contribution in [2.75, 3.05) is 0 Å². The standard InChI is InChI=1S/C19H9B/c1-2-11-5-6-13-9-20-14-8-7-12-4-3-10(1)15-16(11)18(13)19(14)17(12)15/h1-9H/q-1. The molecule has 0 atom stereocenters. The number of hydrogen-bond acceptors (Lipinski definition) is 0. The summed E-state index contributed by atoms with van der Waals surface area (Å²) in [7, 11) is 0. The van der Waals surface area contributed by atoms with E-state index in [1.54, 1.807) is 0 Å². The van der Waals surface area contributed by atoms with Crippen LogP contribution in [-0.2, 0) is 0 Å². The molecule has 2 aliphatic rings. The first-order chi connectivity index (χ1) is 9.92. The summed E-state index contributed by atoms with van der Waals surface area (Å²) in [6.07, 6.45) is 0. The maximum atomic E-state index is 2.26. The van der Waals surface area contributed by atoms with Crippen LogP contribution < -0.4 is 5.46 Å². The summed E-state index contributed by atoms with van der Waals surface area (Å²) in [6.45, 7) is 2.26. The lowest BCUT2D eigenvalue weighted by Crippen LogP contribution is -2.17. The third-order valence-electron chi connectivity index (χ3n) is 4.91. The molecule has 0 saturated heterocycles. The predicted molar refractivity (Wildman–Crippen MR) is 88.5 cm³/mol. The van der Waals surface area contributed by atoms with Crippen LogP contribution >= 0.6 is 0 Å². The minimum Gasteiger partial charge on any atom is -0.298 e. The zero-order valence-corrected chi connectivity index (χ0v) is 10.8.